The average molecular weight is 275 g/mol. The minimum atomic E-state index is -0.169. The van der Waals surface area contributed by atoms with Gasteiger partial charge in [-0.05, 0) is 43.0 Å². The van der Waals surface area contributed by atoms with Crippen molar-refractivity contribution in [3.63, 3.8) is 0 Å². The summed E-state index contributed by atoms with van der Waals surface area (Å²) in [5.41, 5.74) is 0.996. The molecule has 1 heterocycles. The number of carbonyl (C=O) groups excluding carboxylic acids is 1. The lowest BCUT2D eigenvalue weighted by molar-refractivity contribution is -0.127. The van der Waals surface area contributed by atoms with Gasteiger partial charge in [-0.1, -0.05) is 23.7 Å². The van der Waals surface area contributed by atoms with Gasteiger partial charge in [0.15, 0.2) is 0 Å². The second-order valence-electron chi connectivity index (χ2n) is 4.57. The molecule has 4 heteroatoms. The molecule has 0 N–H and O–H groups in total. The maximum Gasteiger partial charge on any atom is 0.264 e. The third-order valence-corrected chi connectivity index (χ3v) is 3.43. The van der Waals surface area contributed by atoms with E-state index in [1.54, 1.807) is 35.2 Å². The number of hydrogen-bond donors (Lipinski definition) is 0. The van der Waals surface area contributed by atoms with E-state index in [2.05, 4.69) is 0 Å². The molecule has 19 heavy (non-hydrogen) atoms. The van der Waals surface area contributed by atoms with Gasteiger partial charge >= 0.3 is 0 Å². The highest BCUT2D eigenvalue weighted by atomic mass is 35.5. The second kappa shape index (κ2) is 6.40. The molecule has 1 amide bonds. The van der Waals surface area contributed by atoms with E-state index < -0.39 is 0 Å². The van der Waals surface area contributed by atoms with E-state index in [-0.39, 0.29) is 11.5 Å². The Morgan fingerprint density at radius 1 is 1.21 bits per heavy atom. The van der Waals surface area contributed by atoms with Crippen LogP contribution in [0.1, 0.15) is 24.8 Å². The first kappa shape index (κ1) is 13.6. The van der Waals surface area contributed by atoms with E-state index in [4.69, 9.17) is 16.9 Å². The molecule has 0 radical (unpaired) electrons. The topological polar surface area (TPSA) is 44.1 Å². The first-order valence-electron chi connectivity index (χ1n) is 6.37. The maximum atomic E-state index is 12.2. The van der Waals surface area contributed by atoms with E-state index in [1.165, 1.54) is 0 Å². The molecule has 0 aromatic heterocycles. The number of amides is 1. The van der Waals surface area contributed by atoms with Crippen molar-refractivity contribution in [3.05, 3.63) is 40.4 Å². The fourth-order valence-corrected chi connectivity index (χ4v) is 2.26. The van der Waals surface area contributed by atoms with Gasteiger partial charge in [0, 0.05) is 18.1 Å². The molecule has 1 aromatic carbocycles. The van der Waals surface area contributed by atoms with Gasteiger partial charge in [-0.3, -0.25) is 4.79 Å². The van der Waals surface area contributed by atoms with Crippen LogP contribution in [0.2, 0.25) is 5.02 Å². The first-order valence-corrected chi connectivity index (χ1v) is 6.75. The summed E-state index contributed by atoms with van der Waals surface area (Å²) in [6, 6.07) is 9.08. The Kier molecular flexibility index (Phi) is 4.59. The number of hydrogen-bond acceptors (Lipinski definition) is 2. The number of benzene rings is 1. The summed E-state index contributed by atoms with van der Waals surface area (Å²) in [5, 5.41) is 9.79. The van der Waals surface area contributed by atoms with Gasteiger partial charge in [0.05, 0.1) is 0 Å². The summed E-state index contributed by atoms with van der Waals surface area (Å²) >= 11 is 5.81. The highest BCUT2D eigenvalue weighted by Crippen LogP contribution is 2.16. The molecule has 1 saturated heterocycles. The zero-order chi connectivity index (χ0) is 13.7. The van der Waals surface area contributed by atoms with Crippen molar-refractivity contribution in [2.24, 2.45) is 0 Å². The van der Waals surface area contributed by atoms with Crippen LogP contribution >= 0.6 is 11.6 Å². The molecule has 3 nitrogen and oxygen atoms in total. The monoisotopic (exact) mass is 274 g/mol. The Hall–Kier alpha value is -1.79. The number of piperidine rings is 1. The number of nitriles is 1. The zero-order valence-electron chi connectivity index (χ0n) is 10.6. The molecule has 1 aliphatic heterocycles. The van der Waals surface area contributed by atoms with Crippen LogP contribution in [0.5, 0.6) is 0 Å². The molecular weight excluding hydrogens is 260 g/mol. The lowest BCUT2D eigenvalue weighted by Crippen LogP contribution is -2.36. The van der Waals surface area contributed by atoms with Gasteiger partial charge in [0.1, 0.15) is 11.6 Å². The van der Waals surface area contributed by atoms with Gasteiger partial charge in [-0.2, -0.15) is 5.26 Å². The molecule has 0 atom stereocenters. The van der Waals surface area contributed by atoms with Gasteiger partial charge in [-0.15, -0.1) is 0 Å². The Morgan fingerprint density at radius 3 is 2.42 bits per heavy atom. The van der Waals surface area contributed by atoms with Gasteiger partial charge in [-0.25, -0.2) is 0 Å². The minimum Gasteiger partial charge on any atom is -0.338 e. The lowest BCUT2D eigenvalue weighted by atomic mass is 10.1. The number of likely N-dealkylation sites (tertiary alicyclic amines) is 1. The molecule has 1 aromatic rings. The predicted octanol–water partition coefficient (Wildman–Crippen LogP) is 3.26. The van der Waals surface area contributed by atoms with Crippen LogP contribution in [0.4, 0.5) is 0 Å². The maximum absolute atomic E-state index is 12.2. The fourth-order valence-electron chi connectivity index (χ4n) is 2.13. The van der Waals surface area contributed by atoms with Crippen LogP contribution in [0.3, 0.4) is 0 Å². The zero-order valence-corrected chi connectivity index (χ0v) is 11.4. The summed E-state index contributed by atoms with van der Waals surface area (Å²) < 4.78 is 0. The van der Waals surface area contributed by atoms with E-state index in [0.717, 1.165) is 37.9 Å². The van der Waals surface area contributed by atoms with Crippen molar-refractivity contribution in [1.82, 2.24) is 4.90 Å². The molecule has 2 rings (SSSR count). The van der Waals surface area contributed by atoms with Gasteiger partial charge in [0.2, 0.25) is 0 Å². The standard InChI is InChI=1S/C15H15ClN2O/c16-14-6-4-12(5-7-14)10-13(11-17)15(19)18-8-2-1-3-9-18/h4-7,10H,1-3,8-9H2/b13-10+. The molecule has 1 aliphatic rings. The van der Waals surface area contributed by atoms with Crippen molar-refractivity contribution in [3.8, 4) is 6.07 Å². The number of carbonyl (C=O) groups is 1. The van der Waals surface area contributed by atoms with Gasteiger partial charge in [0.25, 0.3) is 5.91 Å². The van der Waals surface area contributed by atoms with Crippen molar-refractivity contribution < 1.29 is 4.79 Å². The smallest absolute Gasteiger partial charge is 0.264 e. The average Bonchev–Trinajstić information content (AvgIpc) is 2.47. The first-order chi connectivity index (χ1) is 9.20. The molecular formula is C15H15ClN2O. The summed E-state index contributed by atoms with van der Waals surface area (Å²) in [6.07, 6.45) is 4.82. The summed E-state index contributed by atoms with van der Waals surface area (Å²) in [4.78, 5) is 14.0. The Labute approximate surface area is 118 Å². The van der Waals surface area contributed by atoms with Gasteiger partial charge < -0.3 is 4.90 Å². The van der Waals surface area contributed by atoms with Crippen molar-refractivity contribution in [2.75, 3.05) is 13.1 Å². The second-order valence-corrected chi connectivity index (χ2v) is 5.01. The molecule has 0 spiro atoms. The van der Waals surface area contributed by atoms with Crippen LogP contribution in [0.25, 0.3) is 6.08 Å². The third-order valence-electron chi connectivity index (χ3n) is 3.18. The van der Waals surface area contributed by atoms with Crippen LogP contribution in [0.15, 0.2) is 29.8 Å². The molecule has 0 unspecified atom stereocenters. The van der Waals surface area contributed by atoms with E-state index in [1.807, 2.05) is 6.07 Å². The molecule has 0 aliphatic carbocycles. The third kappa shape index (κ3) is 3.59. The summed E-state index contributed by atoms with van der Waals surface area (Å²) in [5.74, 6) is -0.169. The number of rotatable bonds is 2. The minimum absolute atomic E-state index is 0.169. The van der Waals surface area contributed by atoms with E-state index in [9.17, 15) is 4.79 Å². The number of nitrogens with zero attached hydrogens (tertiary/aromatic N) is 2. The van der Waals surface area contributed by atoms with E-state index in [0.29, 0.717) is 5.02 Å². The number of halogens is 1. The normalized spacial score (nSPS) is 16.0. The van der Waals surface area contributed by atoms with Crippen LogP contribution in [-0.4, -0.2) is 23.9 Å². The predicted molar refractivity (Wildman–Crippen MR) is 75.5 cm³/mol. The highest BCUT2D eigenvalue weighted by molar-refractivity contribution is 6.30. The Bertz CT molecular complexity index is 522. The molecule has 0 bridgehead atoms. The van der Waals surface area contributed by atoms with Crippen LogP contribution in [0, 0.1) is 11.3 Å². The molecule has 1 fully saturated rings. The van der Waals surface area contributed by atoms with Crippen molar-refractivity contribution >= 4 is 23.6 Å². The quantitative estimate of drug-likeness (QED) is 0.614. The Morgan fingerprint density at radius 2 is 1.84 bits per heavy atom. The Balaban J connectivity index is 2.17. The van der Waals surface area contributed by atoms with Crippen LogP contribution < -0.4 is 0 Å². The largest absolute Gasteiger partial charge is 0.338 e. The molecule has 98 valence electrons. The lowest BCUT2D eigenvalue weighted by Gasteiger charge is -2.26. The van der Waals surface area contributed by atoms with Crippen LogP contribution in [-0.2, 0) is 4.79 Å². The molecule has 0 saturated carbocycles. The summed E-state index contributed by atoms with van der Waals surface area (Å²) in [6.45, 7) is 1.50. The van der Waals surface area contributed by atoms with E-state index >= 15 is 0 Å². The van der Waals surface area contributed by atoms with Crippen molar-refractivity contribution in [2.45, 2.75) is 19.3 Å². The highest BCUT2D eigenvalue weighted by Gasteiger charge is 2.19. The SMILES string of the molecule is N#C/C(=C\c1ccc(Cl)cc1)C(=O)N1CCCCC1. The van der Waals surface area contributed by atoms with Crippen molar-refractivity contribution in [1.29, 1.82) is 5.26 Å². The summed E-state index contributed by atoms with van der Waals surface area (Å²) in [7, 11) is 0. The fraction of sp³-hybridized carbons (Fsp3) is 0.333.